The highest BCUT2D eigenvalue weighted by Gasteiger charge is 2.24. The molecule has 2 aromatic carbocycles. The maximum absolute atomic E-state index is 12.1. The van der Waals surface area contributed by atoms with E-state index in [1.807, 2.05) is 0 Å². The number of phenols is 1. The number of hydrogen-bond donors (Lipinski definition) is 2. The minimum Gasteiger partial charge on any atom is -0.503 e. The van der Waals surface area contributed by atoms with Gasteiger partial charge in [0.05, 0.1) is 11.6 Å². The van der Waals surface area contributed by atoms with Crippen LogP contribution in [0.3, 0.4) is 0 Å². The minimum atomic E-state index is -0.194. The van der Waals surface area contributed by atoms with E-state index in [1.54, 1.807) is 36.4 Å². The number of carbonyl (C=O) groups is 1. The van der Waals surface area contributed by atoms with E-state index in [0.717, 1.165) is 16.8 Å². The molecular weight excluding hydrogens is 370 g/mol. The zero-order valence-electron chi connectivity index (χ0n) is 11.5. The molecule has 2 aromatic rings. The number of amides is 1. The molecule has 0 radical (unpaired) electrons. The molecule has 2 N–H and O–H groups in total. The van der Waals surface area contributed by atoms with Gasteiger partial charge in [0.15, 0.2) is 11.5 Å². The Bertz CT molecular complexity index is 817. The number of phenolic OH excluding ortho intramolecular Hbond substituents is 1. The van der Waals surface area contributed by atoms with Gasteiger partial charge in [-0.05, 0) is 57.9 Å². The number of nitrogens with one attached hydrogen (secondary N) is 1. The Hall–Kier alpha value is -1.98. The van der Waals surface area contributed by atoms with Gasteiger partial charge in [-0.25, -0.2) is 0 Å². The zero-order valence-corrected chi connectivity index (χ0v) is 13.8. The van der Waals surface area contributed by atoms with E-state index in [0.29, 0.717) is 20.8 Å². The maximum atomic E-state index is 12.1. The Morgan fingerprint density at radius 1 is 1.32 bits per heavy atom. The standard InChI is InChI=1S/C16H11BrClNO3/c1-22-14-6-8(5-12(17)15(14)20)4-11-10-7-9(18)2-3-13(10)19-16(11)21/h2-7,20H,1H3,(H,19,21)/b11-4+. The predicted molar refractivity (Wildman–Crippen MR) is 90.3 cm³/mol. The molecule has 0 saturated heterocycles. The largest absolute Gasteiger partial charge is 0.503 e. The molecule has 22 heavy (non-hydrogen) atoms. The molecule has 1 heterocycles. The van der Waals surface area contributed by atoms with Crippen LogP contribution in [0.25, 0.3) is 11.6 Å². The molecule has 0 unspecified atom stereocenters. The fraction of sp³-hybridized carbons (Fsp3) is 0.0625. The Morgan fingerprint density at radius 2 is 2.09 bits per heavy atom. The van der Waals surface area contributed by atoms with Crippen LogP contribution in [0, 0.1) is 0 Å². The molecule has 3 rings (SSSR count). The number of anilines is 1. The van der Waals surface area contributed by atoms with Crippen molar-refractivity contribution in [2.24, 2.45) is 0 Å². The molecular formula is C16H11BrClNO3. The fourth-order valence-electron chi connectivity index (χ4n) is 2.30. The van der Waals surface area contributed by atoms with Crippen molar-refractivity contribution in [2.75, 3.05) is 12.4 Å². The summed E-state index contributed by atoms with van der Waals surface area (Å²) in [5.41, 5.74) is 2.71. The van der Waals surface area contributed by atoms with E-state index >= 15 is 0 Å². The van der Waals surface area contributed by atoms with Crippen molar-refractivity contribution in [3.8, 4) is 11.5 Å². The van der Waals surface area contributed by atoms with E-state index in [9.17, 15) is 9.90 Å². The summed E-state index contributed by atoms with van der Waals surface area (Å²) < 4.78 is 5.60. The molecule has 0 fully saturated rings. The van der Waals surface area contributed by atoms with Gasteiger partial charge < -0.3 is 15.2 Å². The van der Waals surface area contributed by atoms with Crippen LogP contribution in [-0.4, -0.2) is 18.1 Å². The fourth-order valence-corrected chi connectivity index (χ4v) is 2.93. The predicted octanol–water partition coefficient (Wildman–Crippen LogP) is 4.31. The number of methoxy groups -OCH3 is 1. The number of rotatable bonds is 2. The second-order valence-electron chi connectivity index (χ2n) is 4.76. The lowest BCUT2D eigenvalue weighted by molar-refractivity contribution is -0.110. The van der Waals surface area contributed by atoms with Gasteiger partial charge in [0, 0.05) is 21.8 Å². The molecule has 1 amide bonds. The summed E-state index contributed by atoms with van der Waals surface area (Å²) in [5.74, 6) is 0.148. The first-order valence-corrected chi connectivity index (χ1v) is 7.56. The molecule has 1 aliphatic rings. The van der Waals surface area contributed by atoms with Crippen LogP contribution >= 0.6 is 27.5 Å². The Morgan fingerprint density at radius 3 is 2.82 bits per heavy atom. The third-order valence-corrected chi connectivity index (χ3v) is 4.19. The number of benzene rings is 2. The van der Waals surface area contributed by atoms with Crippen molar-refractivity contribution in [1.82, 2.24) is 0 Å². The molecule has 0 spiro atoms. The first-order chi connectivity index (χ1) is 10.5. The summed E-state index contributed by atoms with van der Waals surface area (Å²) in [7, 11) is 1.47. The molecule has 4 nitrogen and oxygen atoms in total. The molecule has 0 saturated carbocycles. The average Bonchev–Trinajstić information content (AvgIpc) is 2.78. The van der Waals surface area contributed by atoms with Gasteiger partial charge in [-0.15, -0.1) is 0 Å². The SMILES string of the molecule is COc1cc(/C=C2/C(=O)Nc3ccc(Cl)cc32)cc(Br)c1O. The number of aromatic hydroxyl groups is 1. The summed E-state index contributed by atoms with van der Waals surface area (Å²) >= 11 is 9.27. The third-order valence-electron chi connectivity index (χ3n) is 3.35. The highest BCUT2D eigenvalue weighted by Crippen LogP contribution is 2.38. The van der Waals surface area contributed by atoms with E-state index in [1.165, 1.54) is 7.11 Å². The maximum Gasteiger partial charge on any atom is 0.256 e. The summed E-state index contributed by atoms with van der Waals surface area (Å²) in [6, 6.07) is 8.60. The molecule has 0 bridgehead atoms. The van der Waals surface area contributed by atoms with E-state index in [4.69, 9.17) is 16.3 Å². The average molecular weight is 381 g/mol. The monoisotopic (exact) mass is 379 g/mol. The van der Waals surface area contributed by atoms with E-state index in [-0.39, 0.29) is 11.7 Å². The topological polar surface area (TPSA) is 58.6 Å². The van der Waals surface area contributed by atoms with E-state index in [2.05, 4.69) is 21.2 Å². The number of hydrogen-bond acceptors (Lipinski definition) is 3. The van der Waals surface area contributed by atoms with Gasteiger partial charge in [-0.1, -0.05) is 11.6 Å². The smallest absolute Gasteiger partial charge is 0.256 e. The van der Waals surface area contributed by atoms with E-state index < -0.39 is 0 Å². The Labute approximate surface area is 140 Å². The normalized spacial score (nSPS) is 14.9. The Kier molecular flexibility index (Phi) is 3.85. The third kappa shape index (κ3) is 2.58. The molecule has 112 valence electrons. The molecule has 0 atom stereocenters. The van der Waals surface area contributed by atoms with Gasteiger partial charge in [-0.2, -0.15) is 0 Å². The van der Waals surface area contributed by atoms with Crippen LogP contribution in [0.5, 0.6) is 11.5 Å². The molecule has 1 aliphatic heterocycles. The first-order valence-electron chi connectivity index (χ1n) is 6.39. The lowest BCUT2D eigenvalue weighted by Gasteiger charge is -2.07. The lowest BCUT2D eigenvalue weighted by Crippen LogP contribution is -2.03. The van der Waals surface area contributed by atoms with Crippen molar-refractivity contribution in [3.63, 3.8) is 0 Å². The number of carbonyl (C=O) groups excluding carboxylic acids is 1. The van der Waals surface area contributed by atoms with Crippen LogP contribution in [0.2, 0.25) is 5.02 Å². The van der Waals surface area contributed by atoms with Crippen molar-refractivity contribution < 1.29 is 14.6 Å². The summed E-state index contributed by atoms with van der Waals surface area (Å²) in [4.78, 5) is 12.1. The molecule has 0 aliphatic carbocycles. The number of ether oxygens (including phenoxy) is 1. The van der Waals surface area contributed by atoms with Crippen LogP contribution in [0.15, 0.2) is 34.8 Å². The summed E-state index contributed by atoms with van der Waals surface area (Å²) in [6.45, 7) is 0. The van der Waals surface area contributed by atoms with Gasteiger partial charge in [0.2, 0.25) is 0 Å². The lowest BCUT2D eigenvalue weighted by atomic mass is 10.0. The van der Waals surface area contributed by atoms with Crippen molar-refractivity contribution in [1.29, 1.82) is 0 Å². The van der Waals surface area contributed by atoms with Gasteiger partial charge in [0.25, 0.3) is 5.91 Å². The first kappa shape index (κ1) is 14.9. The second-order valence-corrected chi connectivity index (χ2v) is 6.05. The Balaban J connectivity index is 2.12. The van der Waals surface area contributed by atoms with Crippen LogP contribution in [0.1, 0.15) is 11.1 Å². The van der Waals surface area contributed by atoms with Crippen LogP contribution in [0.4, 0.5) is 5.69 Å². The van der Waals surface area contributed by atoms with Crippen LogP contribution in [-0.2, 0) is 4.79 Å². The zero-order chi connectivity index (χ0) is 15.9. The molecule has 0 aromatic heterocycles. The van der Waals surface area contributed by atoms with Gasteiger partial charge in [-0.3, -0.25) is 4.79 Å². The number of fused-ring (bicyclic) bond motifs is 1. The van der Waals surface area contributed by atoms with Crippen molar-refractivity contribution in [2.45, 2.75) is 0 Å². The highest BCUT2D eigenvalue weighted by atomic mass is 79.9. The highest BCUT2D eigenvalue weighted by molar-refractivity contribution is 9.10. The minimum absolute atomic E-state index is 0.0176. The summed E-state index contributed by atoms with van der Waals surface area (Å²) in [5, 5.41) is 13.2. The second kappa shape index (κ2) is 5.66. The summed E-state index contributed by atoms with van der Waals surface area (Å²) in [6.07, 6.45) is 1.73. The van der Waals surface area contributed by atoms with Gasteiger partial charge >= 0.3 is 0 Å². The van der Waals surface area contributed by atoms with Gasteiger partial charge in [0.1, 0.15) is 0 Å². The van der Waals surface area contributed by atoms with Crippen LogP contribution < -0.4 is 10.1 Å². The molecule has 6 heteroatoms. The van der Waals surface area contributed by atoms with Crippen molar-refractivity contribution >= 4 is 50.8 Å². The number of halogens is 2. The van der Waals surface area contributed by atoms with Crippen molar-refractivity contribution in [3.05, 3.63) is 51.0 Å². The quantitative estimate of drug-likeness (QED) is 0.763.